The van der Waals surface area contributed by atoms with E-state index in [9.17, 15) is 0 Å². The van der Waals surface area contributed by atoms with Crippen molar-refractivity contribution in [2.75, 3.05) is 5.73 Å². The second-order valence-electron chi connectivity index (χ2n) is 4.60. The molecule has 0 atom stereocenters. The van der Waals surface area contributed by atoms with Crippen molar-refractivity contribution in [3.05, 3.63) is 59.1 Å². The number of anilines is 1. The van der Waals surface area contributed by atoms with Crippen LogP contribution >= 0.6 is 11.6 Å². The van der Waals surface area contributed by atoms with Crippen LogP contribution in [-0.4, -0.2) is 5.16 Å². The zero-order chi connectivity index (χ0) is 14.1. The molecule has 0 spiro atoms. The van der Waals surface area contributed by atoms with E-state index in [1.54, 1.807) is 0 Å². The zero-order valence-corrected chi connectivity index (χ0v) is 11.7. The predicted octanol–water partition coefficient (Wildman–Crippen LogP) is 4.55. The average molecular weight is 285 g/mol. The van der Waals surface area contributed by atoms with Crippen LogP contribution in [0.4, 0.5) is 5.82 Å². The van der Waals surface area contributed by atoms with Crippen LogP contribution in [0, 0.1) is 6.92 Å². The highest BCUT2D eigenvalue weighted by molar-refractivity contribution is 6.31. The molecule has 0 unspecified atom stereocenters. The van der Waals surface area contributed by atoms with Crippen LogP contribution in [0.3, 0.4) is 0 Å². The molecule has 0 radical (unpaired) electrons. The van der Waals surface area contributed by atoms with E-state index >= 15 is 0 Å². The van der Waals surface area contributed by atoms with Crippen molar-refractivity contribution in [1.82, 2.24) is 5.16 Å². The highest BCUT2D eigenvalue weighted by Crippen LogP contribution is 2.37. The van der Waals surface area contributed by atoms with Crippen LogP contribution in [0.25, 0.3) is 22.5 Å². The molecule has 2 N–H and O–H groups in total. The van der Waals surface area contributed by atoms with Gasteiger partial charge in [0, 0.05) is 10.6 Å². The van der Waals surface area contributed by atoms with Crippen LogP contribution in [0.5, 0.6) is 0 Å². The van der Waals surface area contributed by atoms with E-state index in [-0.39, 0.29) is 0 Å². The van der Waals surface area contributed by atoms with Gasteiger partial charge in [0.1, 0.15) is 0 Å². The van der Waals surface area contributed by atoms with Crippen molar-refractivity contribution in [2.45, 2.75) is 6.92 Å². The van der Waals surface area contributed by atoms with Gasteiger partial charge in [0.05, 0.1) is 5.56 Å². The van der Waals surface area contributed by atoms with Gasteiger partial charge >= 0.3 is 0 Å². The summed E-state index contributed by atoms with van der Waals surface area (Å²) in [5.74, 6) is 1.01. The maximum absolute atomic E-state index is 6.18. The van der Waals surface area contributed by atoms with Crippen LogP contribution in [0.2, 0.25) is 5.02 Å². The van der Waals surface area contributed by atoms with Crippen molar-refractivity contribution >= 4 is 17.4 Å². The van der Waals surface area contributed by atoms with Gasteiger partial charge in [-0.15, -0.1) is 0 Å². The second kappa shape index (κ2) is 5.02. The summed E-state index contributed by atoms with van der Waals surface area (Å²) in [4.78, 5) is 0. The van der Waals surface area contributed by atoms with Crippen LogP contribution in [0.1, 0.15) is 5.56 Å². The first-order chi connectivity index (χ1) is 9.66. The number of hydrogen-bond acceptors (Lipinski definition) is 3. The lowest BCUT2D eigenvalue weighted by Crippen LogP contribution is -1.88. The highest BCUT2D eigenvalue weighted by Gasteiger charge is 2.17. The molecule has 0 fully saturated rings. The molecule has 3 rings (SSSR count). The number of benzene rings is 2. The Balaban J connectivity index is 2.18. The van der Waals surface area contributed by atoms with E-state index < -0.39 is 0 Å². The van der Waals surface area contributed by atoms with Crippen molar-refractivity contribution in [1.29, 1.82) is 0 Å². The molecule has 0 amide bonds. The van der Waals surface area contributed by atoms with Gasteiger partial charge in [0.15, 0.2) is 11.6 Å². The molecule has 20 heavy (non-hydrogen) atoms. The number of rotatable bonds is 2. The Kier molecular flexibility index (Phi) is 3.20. The van der Waals surface area contributed by atoms with Gasteiger partial charge in [0.2, 0.25) is 0 Å². The van der Waals surface area contributed by atoms with Crippen LogP contribution in [-0.2, 0) is 0 Å². The van der Waals surface area contributed by atoms with E-state index in [0.29, 0.717) is 16.6 Å². The third-order valence-corrected chi connectivity index (χ3v) is 3.62. The number of aromatic nitrogens is 1. The predicted molar refractivity (Wildman–Crippen MR) is 81.5 cm³/mol. The number of nitrogens with two attached hydrogens (primary N) is 1. The van der Waals surface area contributed by atoms with Gasteiger partial charge < -0.3 is 10.3 Å². The lowest BCUT2D eigenvalue weighted by Gasteiger charge is -2.04. The number of nitrogens with zero attached hydrogens (tertiary/aromatic N) is 1. The number of aryl methyl sites for hydroxylation is 1. The molecule has 1 heterocycles. The Labute approximate surface area is 122 Å². The van der Waals surface area contributed by atoms with Crippen molar-refractivity contribution < 1.29 is 4.52 Å². The lowest BCUT2D eigenvalue weighted by atomic mass is 10.0. The van der Waals surface area contributed by atoms with E-state index in [2.05, 4.69) is 5.16 Å². The summed E-state index contributed by atoms with van der Waals surface area (Å²) in [6.45, 7) is 1.96. The minimum Gasteiger partial charge on any atom is -0.380 e. The fraction of sp³-hybridized carbons (Fsp3) is 0.0625. The summed E-state index contributed by atoms with van der Waals surface area (Å²) < 4.78 is 5.40. The van der Waals surface area contributed by atoms with Crippen molar-refractivity contribution in [2.24, 2.45) is 0 Å². The lowest BCUT2D eigenvalue weighted by molar-refractivity contribution is 0.436. The monoisotopic (exact) mass is 284 g/mol. The molecule has 1 aromatic heterocycles. The van der Waals surface area contributed by atoms with Crippen LogP contribution < -0.4 is 5.73 Å². The number of hydrogen-bond donors (Lipinski definition) is 1. The molecule has 2 aromatic carbocycles. The molecule has 0 aliphatic rings. The number of nitrogen functional groups attached to an aromatic ring is 1. The third-order valence-electron chi connectivity index (χ3n) is 3.21. The minimum absolute atomic E-state index is 0.378. The van der Waals surface area contributed by atoms with Gasteiger partial charge in [0.25, 0.3) is 0 Å². The minimum atomic E-state index is 0.378. The summed E-state index contributed by atoms with van der Waals surface area (Å²) >= 11 is 6.18. The Morgan fingerprint density at radius 2 is 1.80 bits per heavy atom. The maximum Gasteiger partial charge on any atom is 0.176 e. The third kappa shape index (κ3) is 2.17. The largest absolute Gasteiger partial charge is 0.380 e. The van der Waals surface area contributed by atoms with E-state index in [1.165, 1.54) is 0 Å². The first-order valence-electron chi connectivity index (χ1n) is 6.24. The molecular weight excluding hydrogens is 272 g/mol. The molecular formula is C16H13ClN2O. The maximum atomic E-state index is 6.18. The Bertz CT molecular complexity index is 750. The Hall–Kier alpha value is -2.26. The molecule has 0 saturated carbocycles. The molecule has 0 aliphatic carbocycles. The standard InChI is InChI=1S/C16H13ClN2O/c1-10-7-8-12(9-13(10)17)15-14(16(18)19-20-15)11-5-3-2-4-6-11/h2-9H,1H3,(H2,18,19). The average Bonchev–Trinajstić information content (AvgIpc) is 2.85. The summed E-state index contributed by atoms with van der Waals surface area (Å²) in [7, 11) is 0. The fourth-order valence-corrected chi connectivity index (χ4v) is 2.30. The first-order valence-corrected chi connectivity index (χ1v) is 6.61. The number of halogens is 1. The van der Waals surface area contributed by atoms with Gasteiger partial charge in [-0.1, -0.05) is 59.2 Å². The molecule has 100 valence electrons. The van der Waals surface area contributed by atoms with Gasteiger partial charge in [-0.05, 0) is 24.1 Å². The molecule has 0 aliphatic heterocycles. The summed E-state index contributed by atoms with van der Waals surface area (Å²) in [6, 6.07) is 15.6. The Morgan fingerprint density at radius 3 is 2.50 bits per heavy atom. The normalized spacial score (nSPS) is 10.7. The molecule has 0 saturated heterocycles. The van der Waals surface area contributed by atoms with Gasteiger partial charge in [-0.25, -0.2) is 0 Å². The summed E-state index contributed by atoms with van der Waals surface area (Å²) in [6.07, 6.45) is 0. The quantitative estimate of drug-likeness (QED) is 0.751. The van der Waals surface area contributed by atoms with Crippen molar-refractivity contribution in [3.63, 3.8) is 0 Å². The summed E-state index contributed by atoms with van der Waals surface area (Å²) in [5, 5.41) is 4.57. The highest BCUT2D eigenvalue weighted by atomic mass is 35.5. The smallest absolute Gasteiger partial charge is 0.176 e. The van der Waals surface area contributed by atoms with Gasteiger partial charge in [-0.3, -0.25) is 0 Å². The zero-order valence-electron chi connectivity index (χ0n) is 10.9. The van der Waals surface area contributed by atoms with E-state index in [4.69, 9.17) is 21.9 Å². The molecule has 4 heteroatoms. The topological polar surface area (TPSA) is 52.0 Å². The molecule has 0 bridgehead atoms. The molecule has 3 nitrogen and oxygen atoms in total. The van der Waals surface area contributed by atoms with Crippen LogP contribution in [0.15, 0.2) is 53.1 Å². The van der Waals surface area contributed by atoms with E-state index in [1.807, 2.05) is 55.5 Å². The SMILES string of the molecule is Cc1ccc(-c2onc(N)c2-c2ccccc2)cc1Cl. The fourth-order valence-electron chi connectivity index (χ4n) is 2.12. The Morgan fingerprint density at radius 1 is 1.05 bits per heavy atom. The van der Waals surface area contributed by atoms with Gasteiger partial charge in [-0.2, -0.15) is 0 Å². The molecule has 3 aromatic rings. The first kappa shape index (κ1) is 12.8. The van der Waals surface area contributed by atoms with Crippen molar-refractivity contribution in [3.8, 4) is 22.5 Å². The summed E-state index contributed by atoms with van der Waals surface area (Å²) in [5.41, 5.74) is 9.59. The van der Waals surface area contributed by atoms with E-state index in [0.717, 1.165) is 22.3 Å². The second-order valence-corrected chi connectivity index (χ2v) is 5.01.